The van der Waals surface area contributed by atoms with E-state index >= 15 is 0 Å². The second kappa shape index (κ2) is 5.73. The van der Waals surface area contributed by atoms with E-state index in [0.29, 0.717) is 11.4 Å². The van der Waals surface area contributed by atoms with Gasteiger partial charge in [0.25, 0.3) is 0 Å². The summed E-state index contributed by atoms with van der Waals surface area (Å²) < 4.78 is 0.845. The Morgan fingerprint density at radius 3 is 2.80 bits per heavy atom. The van der Waals surface area contributed by atoms with Gasteiger partial charge < -0.3 is 5.11 Å². The van der Waals surface area contributed by atoms with E-state index in [4.69, 9.17) is 28.3 Å². The number of alkyl halides is 1. The van der Waals surface area contributed by atoms with Gasteiger partial charge in [-0.25, -0.2) is 0 Å². The standard InChI is InChI=1S/C10H9BrCl2O2/c11-8-2-1-6(12)5-7(8)9(13)3-4-10(14)15/h1-2,5,9H,3-4H2,(H,14,15). The van der Waals surface area contributed by atoms with Crippen LogP contribution in [0.2, 0.25) is 5.02 Å². The molecule has 0 bridgehead atoms. The van der Waals surface area contributed by atoms with Gasteiger partial charge in [0.2, 0.25) is 0 Å². The van der Waals surface area contributed by atoms with Gasteiger partial charge >= 0.3 is 5.97 Å². The molecule has 1 atom stereocenters. The van der Waals surface area contributed by atoms with Crippen LogP contribution in [0.1, 0.15) is 23.8 Å². The Morgan fingerprint density at radius 2 is 2.20 bits per heavy atom. The normalized spacial score (nSPS) is 12.5. The van der Waals surface area contributed by atoms with Gasteiger partial charge in [-0.2, -0.15) is 0 Å². The van der Waals surface area contributed by atoms with Gasteiger partial charge in [-0.1, -0.05) is 27.5 Å². The number of hydrogen-bond acceptors (Lipinski definition) is 1. The van der Waals surface area contributed by atoms with E-state index in [0.717, 1.165) is 10.0 Å². The highest BCUT2D eigenvalue weighted by atomic mass is 79.9. The van der Waals surface area contributed by atoms with Crippen molar-refractivity contribution >= 4 is 45.1 Å². The van der Waals surface area contributed by atoms with Crippen LogP contribution in [0.15, 0.2) is 22.7 Å². The summed E-state index contributed by atoms with van der Waals surface area (Å²) in [5.74, 6) is -0.848. The molecule has 1 N–H and O–H groups in total. The molecule has 1 unspecified atom stereocenters. The average Bonchev–Trinajstić information content (AvgIpc) is 2.18. The monoisotopic (exact) mass is 310 g/mol. The maximum absolute atomic E-state index is 10.4. The van der Waals surface area contributed by atoms with Gasteiger partial charge in [-0.15, -0.1) is 11.6 Å². The Bertz CT molecular complexity index is 368. The molecule has 0 radical (unpaired) electrons. The van der Waals surface area contributed by atoms with E-state index in [1.807, 2.05) is 0 Å². The number of halogens is 3. The van der Waals surface area contributed by atoms with Crippen LogP contribution < -0.4 is 0 Å². The molecule has 0 saturated carbocycles. The Labute approximate surface area is 106 Å². The van der Waals surface area contributed by atoms with Crippen molar-refractivity contribution in [2.75, 3.05) is 0 Å². The lowest BCUT2D eigenvalue weighted by Crippen LogP contribution is -1.99. The molecule has 0 aliphatic carbocycles. The Kier molecular flexibility index (Phi) is 4.90. The smallest absolute Gasteiger partial charge is 0.303 e. The van der Waals surface area contributed by atoms with Crippen molar-refractivity contribution < 1.29 is 9.90 Å². The number of carboxylic acids is 1. The van der Waals surface area contributed by atoms with Crippen molar-refractivity contribution in [2.24, 2.45) is 0 Å². The second-order valence-electron chi connectivity index (χ2n) is 3.07. The van der Waals surface area contributed by atoms with Crippen LogP contribution in [0.4, 0.5) is 0 Å². The van der Waals surface area contributed by atoms with Crippen LogP contribution in [0.3, 0.4) is 0 Å². The lowest BCUT2D eigenvalue weighted by Gasteiger charge is -2.10. The van der Waals surface area contributed by atoms with Gasteiger partial charge in [0.15, 0.2) is 0 Å². The molecule has 0 saturated heterocycles. The number of aliphatic carboxylic acids is 1. The van der Waals surface area contributed by atoms with Crippen LogP contribution >= 0.6 is 39.1 Å². The predicted molar refractivity (Wildman–Crippen MR) is 64.6 cm³/mol. The van der Waals surface area contributed by atoms with E-state index < -0.39 is 5.97 Å². The van der Waals surface area contributed by atoms with Gasteiger partial charge in [0, 0.05) is 15.9 Å². The molecular formula is C10H9BrCl2O2. The first kappa shape index (κ1) is 12.8. The minimum absolute atomic E-state index is 0.0487. The zero-order valence-electron chi connectivity index (χ0n) is 7.71. The van der Waals surface area contributed by atoms with Crippen molar-refractivity contribution in [3.8, 4) is 0 Å². The SMILES string of the molecule is O=C(O)CCC(Cl)c1cc(Cl)ccc1Br. The van der Waals surface area contributed by atoms with Crippen molar-refractivity contribution in [1.82, 2.24) is 0 Å². The lowest BCUT2D eigenvalue weighted by atomic mass is 10.1. The van der Waals surface area contributed by atoms with Crippen LogP contribution in [0.25, 0.3) is 0 Å². The van der Waals surface area contributed by atoms with E-state index in [2.05, 4.69) is 15.9 Å². The van der Waals surface area contributed by atoms with Crippen molar-refractivity contribution in [3.05, 3.63) is 33.3 Å². The van der Waals surface area contributed by atoms with Crippen molar-refractivity contribution in [1.29, 1.82) is 0 Å². The zero-order chi connectivity index (χ0) is 11.4. The summed E-state index contributed by atoms with van der Waals surface area (Å²) in [5.41, 5.74) is 0.824. The molecule has 0 aliphatic heterocycles. The predicted octanol–water partition coefficient (Wildman–Crippen LogP) is 4.25. The summed E-state index contributed by atoms with van der Waals surface area (Å²) in [6.45, 7) is 0. The summed E-state index contributed by atoms with van der Waals surface area (Å²) in [7, 11) is 0. The molecule has 5 heteroatoms. The molecule has 0 aromatic heterocycles. The van der Waals surface area contributed by atoms with E-state index in [1.165, 1.54) is 0 Å². The van der Waals surface area contributed by atoms with Crippen molar-refractivity contribution in [3.63, 3.8) is 0 Å². The van der Waals surface area contributed by atoms with Gasteiger partial charge in [0.05, 0.1) is 5.38 Å². The van der Waals surface area contributed by atoms with Crippen LogP contribution in [-0.2, 0) is 4.79 Å². The molecule has 0 amide bonds. The molecule has 2 nitrogen and oxygen atoms in total. The lowest BCUT2D eigenvalue weighted by molar-refractivity contribution is -0.137. The second-order valence-corrected chi connectivity index (χ2v) is 4.88. The quantitative estimate of drug-likeness (QED) is 0.844. The number of hydrogen-bond donors (Lipinski definition) is 1. The summed E-state index contributed by atoms with van der Waals surface area (Å²) in [4.78, 5) is 10.4. The molecule has 15 heavy (non-hydrogen) atoms. The number of carbonyl (C=O) groups is 1. The largest absolute Gasteiger partial charge is 0.481 e. The number of carboxylic acid groups (broad SMARTS) is 1. The first-order chi connectivity index (χ1) is 7.00. The van der Waals surface area contributed by atoms with E-state index in [-0.39, 0.29) is 11.8 Å². The highest BCUT2D eigenvalue weighted by molar-refractivity contribution is 9.10. The van der Waals surface area contributed by atoms with Crippen molar-refractivity contribution in [2.45, 2.75) is 18.2 Å². The molecule has 0 aliphatic rings. The molecule has 82 valence electrons. The zero-order valence-corrected chi connectivity index (χ0v) is 10.8. The van der Waals surface area contributed by atoms with Crippen LogP contribution in [0, 0.1) is 0 Å². The van der Waals surface area contributed by atoms with E-state index in [9.17, 15) is 4.79 Å². The summed E-state index contributed by atoms with van der Waals surface area (Å²) >= 11 is 15.3. The molecule has 1 aromatic rings. The number of benzene rings is 1. The van der Waals surface area contributed by atoms with E-state index in [1.54, 1.807) is 18.2 Å². The fourth-order valence-corrected chi connectivity index (χ4v) is 2.29. The topological polar surface area (TPSA) is 37.3 Å². The highest BCUT2D eigenvalue weighted by Crippen LogP contribution is 2.33. The molecule has 1 aromatic carbocycles. The molecule has 1 rings (SSSR count). The third-order valence-electron chi connectivity index (χ3n) is 1.91. The summed E-state index contributed by atoms with van der Waals surface area (Å²) in [6, 6.07) is 5.29. The highest BCUT2D eigenvalue weighted by Gasteiger charge is 2.13. The fraction of sp³-hybridized carbons (Fsp3) is 0.300. The first-order valence-corrected chi connectivity index (χ1v) is 5.92. The first-order valence-electron chi connectivity index (χ1n) is 4.31. The minimum Gasteiger partial charge on any atom is -0.481 e. The van der Waals surface area contributed by atoms with Gasteiger partial charge in [-0.05, 0) is 30.2 Å². The molecule has 0 spiro atoms. The maximum Gasteiger partial charge on any atom is 0.303 e. The molecule has 0 fully saturated rings. The average molecular weight is 312 g/mol. The van der Waals surface area contributed by atoms with Gasteiger partial charge in [0.1, 0.15) is 0 Å². The maximum atomic E-state index is 10.4. The Morgan fingerprint density at radius 1 is 1.53 bits per heavy atom. The van der Waals surface area contributed by atoms with Crippen LogP contribution in [-0.4, -0.2) is 11.1 Å². The number of rotatable bonds is 4. The minimum atomic E-state index is -0.848. The fourth-order valence-electron chi connectivity index (χ4n) is 1.16. The summed E-state index contributed by atoms with van der Waals surface area (Å²) in [5, 5.41) is 8.79. The third-order valence-corrected chi connectivity index (χ3v) is 3.32. The Hall–Kier alpha value is -0.250. The molecule has 0 heterocycles. The van der Waals surface area contributed by atoms with Gasteiger partial charge in [-0.3, -0.25) is 4.79 Å². The Balaban J connectivity index is 2.76. The molecular weight excluding hydrogens is 303 g/mol. The van der Waals surface area contributed by atoms with Crippen LogP contribution in [0.5, 0.6) is 0 Å². The third kappa shape index (κ3) is 4.01. The summed E-state index contributed by atoms with van der Waals surface area (Å²) in [6.07, 6.45) is 0.433.